The minimum atomic E-state index is -0.241. The molecule has 0 spiro atoms. The molecule has 14 rings (SSSR count). The molecule has 8 nitrogen and oxygen atoms in total. The first kappa shape index (κ1) is 43.4. The number of fused-ring (bicyclic) bond motifs is 8. The Morgan fingerprint density at radius 3 is 1.07 bits per heavy atom. The summed E-state index contributed by atoms with van der Waals surface area (Å²) in [6.45, 7) is 9.23. The molecule has 0 N–H and O–H groups in total. The second-order valence-electron chi connectivity index (χ2n) is 20.4. The lowest BCUT2D eigenvalue weighted by Gasteiger charge is -2.22. The summed E-state index contributed by atoms with van der Waals surface area (Å²) in [7, 11) is 0. The van der Waals surface area contributed by atoms with Gasteiger partial charge in [0.15, 0.2) is 11.6 Å². The smallest absolute Gasteiger partial charge is 0.159 e. The molecule has 350 valence electrons. The Kier molecular flexibility index (Phi) is 9.72. The van der Waals surface area contributed by atoms with Gasteiger partial charge in [0.05, 0.1) is 33.8 Å². The number of benzene rings is 6. The van der Waals surface area contributed by atoms with E-state index >= 15 is 0 Å². The topological polar surface area (TPSA) is 103 Å². The molecule has 6 aromatic carbocycles. The van der Waals surface area contributed by atoms with E-state index in [1.54, 1.807) is 0 Å². The lowest BCUT2D eigenvalue weighted by molar-refractivity contribution is 0.660. The van der Waals surface area contributed by atoms with Crippen LogP contribution in [0.3, 0.4) is 0 Å². The Morgan fingerprint density at radius 2 is 0.662 bits per heavy atom. The first-order valence-electron chi connectivity index (χ1n) is 25.0. The Balaban J connectivity index is 0.690. The predicted octanol–water partition coefficient (Wildman–Crippen LogP) is 15.4. The summed E-state index contributed by atoms with van der Waals surface area (Å²) in [5.41, 5.74) is 23.2. The summed E-state index contributed by atoms with van der Waals surface area (Å²) < 4.78 is 0. The monoisotopic (exact) mass is 950 g/mol. The van der Waals surface area contributed by atoms with Crippen LogP contribution in [-0.2, 0) is 10.8 Å². The van der Waals surface area contributed by atoms with Crippen LogP contribution in [0.4, 0.5) is 0 Å². The normalized spacial score (nSPS) is 13.6. The highest BCUT2D eigenvalue weighted by Gasteiger charge is 2.37. The average Bonchev–Trinajstić information content (AvgIpc) is 3.87. The molecule has 6 heterocycles. The predicted molar refractivity (Wildman–Crippen MR) is 297 cm³/mol. The zero-order chi connectivity index (χ0) is 49.7. The minimum Gasteiger partial charge on any atom is -0.256 e. The van der Waals surface area contributed by atoms with Crippen LogP contribution in [0.5, 0.6) is 0 Å². The van der Waals surface area contributed by atoms with Gasteiger partial charge in [-0.25, -0.2) is 19.9 Å². The van der Waals surface area contributed by atoms with E-state index < -0.39 is 0 Å². The summed E-state index contributed by atoms with van der Waals surface area (Å²) in [6, 6.07) is 59.8. The van der Waals surface area contributed by atoms with Crippen molar-refractivity contribution in [2.24, 2.45) is 0 Å². The van der Waals surface area contributed by atoms with Gasteiger partial charge in [0.25, 0.3) is 0 Å². The number of para-hydroxylation sites is 2. The number of aromatic nitrogens is 8. The van der Waals surface area contributed by atoms with Crippen LogP contribution in [0.2, 0.25) is 0 Å². The standard InChI is InChI=1S/C66H46N8/c1-65(2)53-33-41(15-21-47(53)49-23-17-43(35-55(49)65)63-69-31-27-57(73-63)51-13-5-9-39-11-7-29-67-61(39)51)45-19-25-59(71-37-45)60-26-20-46(38-72-60)42-16-22-48-50-24-18-44(36-56(50)66(3,4)54(48)34-42)64-70-32-28-58(74-64)52-14-6-10-40-12-8-30-68-62(40)52/h5-38H,1-4H3. The highest BCUT2D eigenvalue weighted by atomic mass is 14.9. The summed E-state index contributed by atoms with van der Waals surface area (Å²) in [6.07, 6.45) is 11.3. The summed E-state index contributed by atoms with van der Waals surface area (Å²) >= 11 is 0. The highest BCUT2D eigenvalue weighted by Crippen LogP contribution is 2.52. The third kappa shape index (κ3) is 6.97. The molecule has 2 aliphatic rings. The maximum atomic E-state index is 5.06. The van der Waals surface area contributed by atoms with Crippen LogP contribution in [-0.4, -0.2) is 39.9 Å². The number of hydrogen-bond acceptors (Lipinski definition) is 8. The number of hydrogen-bond donors (Lipinski definition) is 0. The SMILES string of the molecule is CC1(C)c2cc(-c3ccc(-c4ccc(-c5ccc6c(c5)C(C)(C)c5cc(-c7nccc(-c8cccc9cccnc89)n7)ccc5-6)cn4)nc3)ccc2-c2ccc(-c3nccc(-c4cccc5cccnc45)n3)cc21. The molecule has 0 fully saturated rings. The molecule has 0 saturated heterocycles. The molecular formula is C66H46N8. The van der Waals surface area contributed by atoms with Crippen LogP contribution in [0.15, 0.2) is 207 Å². The van der Waals surface area contributed by atoms with Crippen molar-refractivity contribution in [1.29, 1.82) is 0 Å². The highest BCUT2D eigenvalue weighted by molar-refractivity contribution is 5.94. The maximum Gasteiger partial charge on any atom is 0.159 e. The van der Waals surface area contributed by atoms with Crippen molar-refractivity contribution in [2.45, 2.75) is 38.5 Å². The zero-order valence-electron chi connectivity index (χ0n) is 41.2. The Labute approximate surface area is 428 Å². The molecule has 12 aromatic rings. The van der Waals surface area contributed by atoms with E-state index in [9.17, 15) is 0 Å². The van der Waals surface area contributed by atoms with Crippen LogP contribution in [0.1, 0.15) is 49.9 Å². The van der Waals surface area contributed by atoms with Gasteiger partial charge < -0.3 is 0 Å². The molecule has 0 saturated carbocycles. The second kappa shape index (κ2) is 16.6. The van der Waals surface area contributed by atoms with Crippen molar-refractivity contribution in [2.75, 3.05) is 0 Å². The number of pyridine rings is 4. The van der Waals surface area contributed by atoms with Crippen molar-refractivity contribution in [3.8, 4) is 101 Å². The van der Waals surface area contributed by atoms with E-state index in [1.807, 2.05) is 61.4 Å². The maximum absolute atomic E-state index is 5.06. The van der Waals surface area contributed by atoms with E-state index in [1.165, 1.54) is 44.5 Å². The van der Waals surface area contributed by atoms with E-state index in [0.29, 0.717) is 11.6 Å². The Morgan fingerprint density at radius 1 is 0.284 bits per heavy atom. The third-order valence-corrected chi connectivity index (χ3v) is 15.5. The minimum absolute atomic E-state index is 0.241. The fraction of sp³-hybridized carbons (Fsp3) is 0.0909. The summed E-state index contributed by atoms with van der Waals surface area (Å²) in [4.78, 5) is 38.8. The molecular weight excluding hydrogens is 905 g/mol. The van der Waals surface area contributed by atoms with E-state index in [2.05, 4.69) is 183 Å². The van der Waals surface area contributed by atoms with E-state index in [-0.39, 0.29) is 10.8 Å². The summed E-state index contributed by atoms with van der Waals surface area (Å²) in [5.74, 6) is 1.39. The molecule has 0 aliphatic heterocycles. The first-order valence-corrected chi connectivity index (χ1v) is 25.0. The van der Waals surface area contributed by atoms with Crippen molar-refractivity contribution < 1.29 is 0 Å². The largest absolute Gasteiger partial charge is 0.256 e. The van der Waals surface area contributed by atoms with Gasteiger partial charge in [-0.1, -0.05) is 137 Å². The molecule has 8 heteroatoms. The van der Waals surface area contributed by atoms with Gasteiger partial charge in [-0.2, -0.15) is 0 Å². The van der Waals surface area contributed by atoms with Crippen LogP contribution >= 0.6 is 0 Å². The fourth-order valence-electron chi connectivity index (χ4n) is 11.5. The molecule has 6 aromatic heterocycles. The van der Waals surface area contributed by atoms with E-state index in [0.717, 1.165) is 89.1 Å². The molecule has 0 radical (unpaired) electrons. The zero-order valence-corrected chi connectivity index (χ0v) is 41.2. The molecule has 0 bridgehead atoms. The lowest BCUT2D eigenvalue weighted by Crippen LogP contribution is -2.15. The lowest BCUT2D eigenvalue weighted by atomic mass is 9.81. The molecule has 2 aliphatic carbocycles. The van der Waals surface area contributed by atoms with Gasteiger partial charge in [0.1, 0.15) is 0 Å². The molecule has 0 amide bonds. The van der Waals surface area contributed by atoms with Crippen molar-refractivity contribution in [3.05, 3.63) is 229 Å². The molecule has 0 atom stereocenters. The van der Waals surface area contributed by atoms with Crippen LogP contribution < -0.4 is 0 Å². The number of rotatable bonds is 7. The van der Waals surface area contributed by atoms with Crippen LogP contribution in [0, 0.1) is 0 Å². The van der Waals surface area contributed by atoms with Gasteiger partial charge in [0, 0.05) is 92.2 Å². The molecule has 0 unspecified atom stereocenters. The van der Waals surface area contributed by atoms with Crippen molar-refractivity contribution in [3.63, 3.8) is 0 Å². The van der Waals surface area contributed by atoms with Crippen molar-refractivity contribution in [1.82, 2.24) is 39.9 Å². The van der Waals surface area contributed by atoms with Gasteiger partial charge in [0.2, 0.25) is 0 Å². The van der Waals surface area contributed by atoms with Gasteiger partial charge in [-0.15, -0.1) is 0 Å². The van der Waals surface area contributed by atoms with Gasteiger partial charge in [-0.3, -0.25) is 19.9 Å². The first-order chi connectivity index (χ1) is 36.2. The van der Waals surface area contributed by atoms with Crippen LogP contribution in [0.25, 0.3) is 123 Å². The van der Waals surface area contributed by atoms with Crippen molar-refractivity contribution >= 4 is 21.8 Å². The fourth-order valence-corrected chi connectivity index (χ4v) is 11.5. The molecule has 74 heavy (non-hydrogen) atoms. The summed E-state index contributed by atoms with van der Waals surface area (Å²) in [5, 5.41) is 2.17. The van der Waals surface area contributed by atoms with Gasteiger partial charge >= 0.3 is 0 Å². The Hall–Kier alpha value is -9.40. The third-order valence-electron chi connectivity index (χ3n) is 15.5. The average molecular weight is 951 g/mol. The Bertz CT molecular complexity index is 3970. The van der Waals surface area contributed by atoms with E-state index in [4.69, 9.17) is 29.9 Å². The second-order valence-corrected chi connectivity index (χ2v) is 20.4. The number of nitrogens with zero attached hydrogens (tertiary/aromatic N) is 8. The van der Waals surface area contributed by atoms with Gasteiger partial charge in [-0.05, 0) is 116 Å². The quantitative estimate of drug-likeness (QED) is 0.156.